The second-order valence-electron chi connectivity index (χ2n) is 5.93. The van der Waals surface area contributed by atoms with Crippen molar-refractivity contribution in [3.05, 3.63) is 77.9 Å². The molecule has 0 bridgehead atoms. The first-order valence-corrected chi connectivity index (χ1v) is 8.51. The fourth-order valence-corrected chi connectivity index (χ4v) is 3.20. The van der Waals surface area contributed by atoms with Crippen LogP contribution in [0.1, 0.15) is 39.2 Å². The fraction of sp³-hybridized carbons (Fsp3) is 0.318. The largest absolute Gasteiger partial charge is 0.305 e. The van der Waals surface area contributed by atoms with E-state index in [2.05, 4.69) is 81.5 Å². The number of hydrogen-bond acceptors (Lipinski definition) is 1. The van der Waals surface area contributed by atoms with Crippen LogP contribution in [0.2, 0.25) is 0 Å². The number of rotatable bonds is 6. The Balaban J connectivity index is 2.39. The highest BCUT2D eigenvalue weighted by molar-refractivity contribution is 6.01. The summed E-state index contributed by atoms with van der Waals surface area (Å²) in [6, 6.07) is 10.5. The summed E-state index contributed by atoms with van der Waals surface area (Å²) < 4.78 is 0. The van der Waals surface area contributed by atoms with Gasteiger partial charge in [-0.15, -0.1) is 0 Å². The molecule has 1 aromatic rings. The molecule has 0 aliphatic heterocycles. The van der Waals surface area contributed by atoms with E-state index in [9.17, 15) is 0 Å². The van der Waals surface area contributed by atoms with E-state index in [1.165, 1.54) is 16.7 Å². The summed E-state index contributed by atoms with van der Waals surface area (Å²) in [4.78, 5) is 0. The molecule has 120 valence electrons. The molecule has 0 radical (unpaired) electrons. The van der Waals surface area contributed by atoms with Crippen molar-refractivity contribution in [2.45, 2.75) is 33.6 Å². The molecule has 1 heteroatoms. The molecule has 1 aromatic carbocycles. The molecule has 0 saturated carbocycles. The van der Waals surface area contributed by atoms with Gasteiger partial charge in [0.15, 0.2) is 0 Å². The highest BCUT2D eigenvalue weighted by atomic mass is 14.4. The zero-order chi connectivity index (χ0) is 16.7. The minimum atomic E-state index is 0.358. The van der Waals surface area contributed by atoms with Crippen molar-refractivity contribution in [2.24, 2.45) is 11.8 Å². The molecule has 1 N–H and O–H groups in total. The van der Waals surface area contributed by atoms with Gasteiger partial charge in [0.25, 0.3) is 0 Å². The van der Waals surface area contributed by atoms with Gasteiger partial charge in [-0.3, -0.25) is 0 Å². The van der Waals surface area contributed by atoms with Crippen LogP contribution in [0, 0.1) is 17.2 Å². The molecular formula is C22H27N. The quantitative estimate of drug-likeness (QED) is 0.477. The van der Waals surface area contributed by atoms with Gasteiger partial charge in [-0.2, -0.15) is 0 Å². The summed E-state index contributed by atoms with van der Waals surface area (Å²) in [5, 5.41) is 8.43. The van der Waals surface area contributed by atoms with Gasteiger partial charge in [-0.1, -0.05) is 67.6 Å². The van der Waals surface area contributed by atoms with Crippen LogP contribution in [0.3, 0.4) is 0 Å². The molecule has 0 saturated heterocycles. The summed E-state index contributed by atoms with van der Waals surface area (Å²) in [6.07, 6.45) is 15.1. The van der Waals surface area contributed by atoms with Crippen molar-refractivity contribution in [3.8, 4) is 0 Å². The van der Waals surface area contributed by atoms with Crippen molar-refractivity contribution in [3.63, 3.8) is 0 Å². The van der Waals surface area contributed by atoms with E-state index in [1.807, 2.05) is 6.07 Å². The maximum Gasteiger partial charge on any atom is 0.0346 e. The number of nitrogens with one attached hydrogen (secondary N) is 1. The molecule has 2 rings (SSSR count). The summed E-state index contributed by atoms with van der Waals surface area (Å²) in [5.74, 6) is 0.721. The predicted octanol–water partition coefficient (Wildman–Crippen LogP) is 6.21. The molecule has 1 aliphatic rings. The highest BCUT2D eigenvalue weighted by Gasteiger charge is 2.25. The molecule has 0 aromatic heterocycles. The lowest BCUT2D eigenvalue weighted by molar-refractivity contribution is 0.543. The predicted molar refractivity (Wildman–Crippen MR) is 102 cm³/mol. The standard InChI is InChI=1S/C22H27N/c1-4-10-18(11-5-2)20-15-14-19(16-21(20)22(23)6-3)17-12-8-7-9-13-17/h4-5,7-14,16,18,20,23H,6,15H2,1-3H3/b10-4-,11-5?,23-22?. The van der Waals surface area contributed by atoms with Gasteiger partial charge in [0, 0.05) is 11.6 Å². The zero-order valence-electron chi connectivity index (χ0n) is 14.4. The molecule has 2 unspecified atom stereocenters. The van der Waals surface area contributed by atoms with Crippen LogP contribution in [-0.2, 0) is 0 Å². The second kappa shape index (κ2) is 8.47. The van der Waals surface area contributed by atoms with Crippen LogP contribution in [0.4, 0.5) is 0 Å². The highest BCUT2D eigenvalue weighted by Crippen LogP contribution is 2.36. The monoisotopic (exact) mass is 305 g/mol. The average Bonchev–Trinajstić information content (AvgIpc) is 2.61. The van der Waals surface area contributed by atoms with Crippen LogP contribution in [0.5, 0.6) is 0 Å². The Hall–Kier alpha value is -2.15. The van der Waals surface area contributed by atoms with E-state index in [1.54, 1.807) is 0 Å². The first-order valence-electron chi connectivity index (χ1n) is 8.51. The molecule has 0 spiro atoms. The van der Waals surface area contributed by atoms with Crippen LogP contribution in [0.15, 0.2) is 72.4 Å². The third kappa shape index (κ3) is 4.19. The molecule has 1 aliphatic carbocycles. The Morgan fingerprint density at radius 1 is 1.17 bits per heavy atom. The van der Waals surface area contributed by atoms with Crippen molar-refractivity contribution in [1.82, 2.24) is 0 Å². The Kier molecular flexibility index (Phi) is 6.34. The number of benzene rings is 1. The number of allylic oxidation sites excluding steroid dienone is 8. The lowest BCUT2D eigenvalue weighted by Crippen LogP contribution is -2.21. The van der Waals surface area contributed by atoms with Crippen molar-refractivity contribution in [1.29, 1.82) is 5.41 Å². The number of hydrogen-bond donors (Lipinski definition) is 1. The Labute approximate surface area is 140 Å². The molecular weight excluding hydrogens is 278 g/mol. The van der Waals surface area contributed by atoms with Crippen molar-refractivity contribution >= 4 is 11.3 Å². The van der Waals surface area contributed by atoms with Gasteiger partial charge in [-0.25, -0.2) is 0 Å². The summed E-state index contributed by atoms with van der Waals surface area (Å²) in [6.45, 7) is 6.21. The Morgan fingerprint density at radius 2 is 1.83 bits per heavy atom. The second-order valence-corrected chi connectivity index (χ2v) is 5.93. The van der Waals surface area contributed by atoms with Crippen LogP contribution in [0.25, 0.3) is 5.57 Å². The van der Waals surface area contributed by atoms with E-state index in [4.69, 9.17) is 5.41 Å². The lowest BCUT2D eigenvalue weighted by atomic mass is 9.76. The maximum absolute atomic E-state index is 8.43. The Bertz CT molecular complexity index is 632. The van der Waals surface area contributed by atoms with Crippen molar-refractivity contribution < 1.29 is 0 Å². The molecule has 0 amide bonds. The minimum Gasteiger partial charge on any atom is -0.305 e. The van der Waals surface area contributed by atoms with Gasteiger partial charge in [0.05, 0.1) is 0 Å². The first kappa shape index (κ1) is 17.2. The van der Waals surface area contributed by atoms with Gasteiger partial charge in [-0.05, 0) is 55.4 Å². The van der Waals surface area contributed by atoms with E-state index in [0.29, 0.717) is 11.8 Å². The molecule has 0 fully saturated rings. The van der Waals surface area contributed by atoms with Crippen LogP contribution >= 0.6 is 0 Å². The van der Waals surface area contributed by atoms with E-state index in [0.717, 1.165) is 18.6 Å². The topological polar surface area (TPSA) is 23.9 Å². The van der Waals surface area contributed by atoms with Gasteiger partial charge in [0.1, 0.15) is 0 Å². The summed E-state index contributed by atoms with van der Waals surface area (Å²) in [7, 11) is 0. The molecule has 1 nitrogen and oxygen atoms in total. The van der Waals surface area contributed by atoms with Crippen molar-refractivity contribution in [2.75, 3.05) is 0 Å². The SMILES string of the molecule is CC=CC(/C=C\C)C1CC=C(c2ccccc2)C=C1C(=N)CC. The van der Waals surface area contributed by atoms with E-state index >= 15 is 0 Å². The maximum atomic E-state index is 8.43. The van der Waals surface area contributed by atoms with Gasteiger partial charge < -0.3 is 5.41 Å². The van der Waals surface area contributed by atoms with E-state index < -0.39 is 0 Å². The first-order chi connectivity index (χ1) is 11.2. The third-order valence-electron chi connectivity index (χ3n) is 4.41. The lowest BCUT2D eigenvalue weighted by Gasteiger charge is -2.28. The summed E-state index contributed by atoms with van der Waals surface area (Å²) >= 11 is 0. The average molecular weight is 305 g/mol. The molecule has 0 heterocycles. The third-order valence-corrected chi connectivity index (χ3v) is 4.41. The molecule has 2 atom stereocenters. The zero-order valence-corrected chi connectivity index (χ0v) is 14.4. The molecule has 23 heavy (non-hydrogen) atoms. The van der Waals surface area contributed by atoms with E-state index in [-0.39, 0.29) is 0 Å². The Morgan fingerprint density at radius 3 is 2.39 bits per heavy atom. The fourth-order valence-electron chi connectivity index (χ4n) is 3.20. The van der Waals surface area contributed by atoms with Crippen LogP contribution in [-0.4, -0.2) is 5.71 Å². The van der Waals surface area contributed by atoms with Gasteiger partial charge in [0.2, 0.25) is 0 Å². The normalized spacial score (nSPS) is 19.7. The van der Waals surface area contributed by atoms with Gasteiger partial charge >= 0.3 is 0 Å². The smallest absolute Gasteiger partial charge is 0.0346 e. The summed E-state index contributed by atoms with van der Waals surface area (Å²) in [5.41, 5.74) is 4.43. The minimum absolute atomic E-state index is 0.358. The van der Waals surface area contributed by atoms with Crippen LogP contribution < -0.4 is 0 Å².